The van der Waals surface area contributed by atoms with Crippen LogP contribution in [0.5, 0.6) is 0 Å². The number of carbonyl (C=O) groups is 1. The second kappa shape index (κ2) is 8.71. The summed E-state index contributed by atoms with van der Waals surface area (Å²) >= 11 is 3.41. The molecule has 0 saturated heterocycles. The van der Waals surface area contributed by atoms with E-state index < -0.39 is 0 Å². The van der Waals surface area contributed by atoms with E-state index in [0.717, 1.165) is 28.6 Å². The molecule has 0 heterocycles. The highest BCUT2D eigenvalue weighted by atomic mass is 79.9. The molecule has 0 aliphatic heterocycles. The SMILES string of the molecule is O=C(CCCc1ccc(Br)cc1)Nc1ccc(CCO)cc1. The Labute approximate surface area is 139 Å². The fraction of sp³-hybridized carbons (Fsp3) is 0.278. The molecule has 22 heavy (non-hydrogen) atoms. The van der Waals surface area contributed by atoms with Gasteiger partial charge in [0.15, 0.2) is 0 Å². The number of halogens is 1. The van der Waals surface area contributed by atoms with Crippen LogP contribution in [-0.2, 0) is 17.6 Å². The molecule has 2 aromatic rings. The lowest BCUT2D eigenvalue weighted by molar-refractivity contribution is -0.116. The maximum Gasteiger partial charge on any atom is 0.224 e. The molecular weight excluding hydrogens is 342 g/mol. The maximum absolute atomic E-state index is 11.9. The average molecular weight is 362 g/mol. The largest absolute Gasteiger partial charge is 0.396 e. The molecule has 0 atom stereocenters. The molecule has 116 valence electrons. The summed E-state index contributed by atoms with van der Waals surface area (Å²) < 4.78 is 1.07. The van der Waals surface area contributed by atoms with Crippen molar-refractivity contribution in [3.63, 3.8) is 0 Å². The number of carbonyl (C=O) groups excluding carboxylic acids is 1. The van der Waals surface area contributed by atoms with Gasteiger partial charge >= 0.3 is 0 Å². The summed E-state index contributed by atoms with van der Waals surface area (Å²) in [6.07, 6.45) is 2.88. The number of amides is 1. The third-order valence-electron chi connectivity index (χ3n) is 3.42. The molecule has 4 heteroatoms. The minimum atomic E-state index is 0.0343. The Morgan fingerprint density at radius 1 is 0.955 bits per heavy atom. The van der Waals surface area contributed by atoms with Gasteiger partial charge in [0, 0.05) is 23.2 Å². The van der Waals surface area contributed by atoms with Gasteiger partial charge < -0.3 is 10.4 Å². The van der Waals surface area contributed by atoms with Gasteiger partial charge in [-0.05, 0) is 54.7 Å². The van der Waals surface area contributed by atoms with E-state index >= 15 is 0 Å². The first kappa shape index (κ1) is 16.7. The minimum Gasteiger partial charge on any atom is -0.396 e. The quantitative estimate of drug-likeness (QED) is 0.784. The van der Waals surface area contributed by atoms with Crippen molar-refractivity contribution in [3.8, 4) is 0 Å². The van der Waals surface area contributed by atoms with E-state index in [-0.39, 0.29) is 12.5 Å². The standard InChI is InChI=1S/C18H20BrNO2/c19-16-8-4-14(5-9-16)2-1-3-18(22)20-17-10-6-15(7-11-17)12-13-21/h4-11,21H,1-3,12-13H2,(H,20,22). The average Bonchev–Trinajstić information content (AvgIpc) is 2.51. The first-order valence-electron chi connectivity index (χ1n) is 7.41. The van der Waals surface area contributed by atoms with Crippen molar-refractivity contribution in [2.75, 3.05) is 11.9 Å². The van der Waals surface area contributed by atoms with Gasteiger partial charge in [-0.2, -0.15) is 0 Å². The third kappa shape index (κ3) is 5.62. The Hall–Kier alpha value is -1.65. The number of rotatable bonds is 7. The maximum atomic E-state index is 11.9. The molecule has 2 rings (SSSR count). The molecule has 0 spiro atoms. The van der Waals surface area contributed by atoms with Gasteiger partial charge in [-0.3, -0.25) is 4.79 Å². The number of benzene rings is 2. The molecular formula is C18H20BrNO2. The van der Waals surface area contributed by atoms with Crippen LogP contribution in [-0.4, -0.2) is 17.6 Å². The summed E-state index contributed by atoms with van der Waals surface area (Å²) in [5.41, 5.74) is 3.11. The van der Waals surface area contributed by atoms with Crippen LogP contribution in [0.15, 0.2) is 53.0 Å². The number of aliphatic hydroxyl groups is 1. The molecule has 0 unspecified atom stereocenters. The van der Waals surface area contributed by atoms with E-state index in [0.29, 0.717) is 12.8 Å². The van der Waals surface area contributed by atoms with Gasteiger partial charge in [-0.15, -0.1) is 0 Å². The molecule has 3 nitrogen and oxygen atoms in total. The molecule has 2 N–H and O–H groups in total. The molecule has 2 aromatic carbocycles. The van der Waals surface area contributed by atoms with Crippen molar-refractivity contribution in [3.05, 3.63) is 64.1 Å². The summed E-state index contributed by atoms with van der Waals surface area (Å²) in [7, 11) is 0. The molecule has 0 saturated carbocycles. The van der Waals surface area contributed by atoms with Crippen LogP contribution in [0.3, 0.4) is 0 Å². The third-order valence-corrected chi connectivity index (χ3v) is 3.95. The van der Waals surface area contributed by atoms with Crippen molar-refractivity contribution in [1.82, 2.24) is 0 Å². The zero-order valence-electron chi connectivity index (χ0n) is 12.4. The number of hydrogen-bond acceptors (Lipinski definition) is 2. The zero-order chi connectivity index (χ0) is 15.8. The van der Waals surface area contributed by atoms with Crippen LogP contribution >= 0.6 is 15.9 Å². The minimum absolute atomic E-state index is 0.0343. The lowest BCUT2D eigenvalue weighted by Gasteiger charge is -2.06. The molecule has 0 fully saturated rings. The van der Waals surface area contributed by atoms with Crippen LogP contribution in [0.1, 0.15) is 24.0 Å². The number of anilines is 1. The predicted octanol–water partition coefficient (Wildman–Crippen LogP) is 3.95. The number of aryl methyl sites for hydroxylation is 1. The van der Waals surface area contributed by atoms with E-state index in [1.165, 1.54) is 5.56 Å². The summed E-state index contributed by atoms with van der Waals surface area (Å²) in [5, 5.41) is 11.8. The first-order valence-corrected chi connectivity index (χ1v) is 8.21. The predicted molar refractivity (Wildman–Crippen MR) is 92.9 cm³/mol. The Kier molecular flexibility index (Phi) is 6.62. The topological polar surface area (TPSA) is 49.3 Å². The van der Waals surface area contributed by atoms with Crippen molar-refractivity contribution in [2.24, 2.45) is 0 Å². The normalized spacial score (nSPS) is 10.5. The van der Waals surface area contributed by atoms with Crippen LogP contribution in [0.4, 0.5) is 5.69 Å². The van der Waals surface area contributed by atoms with E-state index in [2.05, 4.69) is 33.4 Å². The van der Waals surface area contributed by atoms with Crippen molar-refractivity contribution in [2.45, 2.75) is 25.7 Å². The fourth-order valence-electron chi connectivity index (χ4n) is 2.21. The smallest absolute Gasteiger partial charge is 0.224 e. The van der Waals surface area contributed by atoms with Gasteiger partial charge in [0.05, 0.1) is 0 Å². The summed E-state index contributed by atoms with van der Waals surface area (Å²) in [6.45, 7) is 0.141. The number of aliphatic hydroxyl groups excluding tert-OH is 1. The summed E-state index contributed by atoms with van der Waals surface area (Å²) in [6, 6.07) is 15.8. The molecule has 0 bridgehead atoms. The Morgan fingerprint density at radius 2 is 1.55 bits per heavy atom. The Balaban J connectivity index is 1.74. The highest BCUT2D eigenvalue weighted by molar-refractivity contribution is 9.10. The van der Waals surface area contributed by atoms with E-state index in [9.17, 15) is 4.79 Å². The lowest BCUT2D eigenvalue weighted by Crippen LogP contribution is -2.11. The summed E-state index contributed by atoms with van der Waals surface area (Å²) in [5.74, 6) is 0.0343. The van der Waals surface area contributed by atoms with Gasteiger partial charge in [0.25, 0.3) is 0 Å². The molecule has 0 radical (unpaired) electrons. The zero-order valence-corrected chi connectivity index (χ0v) is 14.0. The highest BCUT2D eigenvalue weighted by Crippen LogP contribution is 2.14. The highest BCUT2D eigenvalue weighted by Gasteiger charge is 2.03. The summed E-state index contributed by atoms with van der Waals surface area (Å²) in [4.78, 5) is 11.9. The molecule has 0 aliphatic rings. The van der Waals surface area contributed by atoms with Gasteiger partial charge in [0.1, 0.15) is 0 Å². The van der Waals surface area contributed by atoms with Crippen molar-refractivity contribution in [1.29, 1.82) is 0 Å². The number of hydrogen-bond donors (Lipinski definition) is 2. The van der Waals surface area contributed by atoms with Gasteiger partial charge in [-0.25, -0.2) is 0 Å². The Morgan fingerprint density at radius 3 is 2.18 bits per heavy atom. The van der Waals surface area contributed by atoms with E-state index in [1.54, 1.807) is 0 Å². The van der Waals surface area contributed by atoms with E-state index in [1.807, 2.05) is 36.4 Å². The van der Waals surface area contributed by atoms with Gasteiger partial charge in [-0.1, -0.05) is 40.2 Å². The monoisotopic (exact) mass is 361 g/mol. The van der Waals surface area contributed by atoms with Crippen LogP contribution in [0, 0.1) is 0 Å². The second-order valence-electron chi connectivity index (χ2n) is 5.20. The van der Waals surface area contributed by atoms with Crippen molar-refractivity contribution >= 4 is 27.5 Å². The van der Waals surface area contributed by atoms with Crippen LogP contribution < -0.4 is 5.32 Å². The molecule has 0 aliphatic carbocycles. The van der Waals surface area contributed by atoms with E-state index in [4.69, 9.17) is 5.11 Å². The Bertz CT molecular complexity index is 593. The number of nitrogens with one attached hydrogen (secondary N) is 1. The van der Waals surface area contributed by atoms with Crippen LogP contribution in [0.25, 0.3) is 0 Å². The van der Waals surface area contributed by atoms with Crippen molar-refractivity contribution < 1.29 is 9.90 Å². The fourth-order valence-corrected chi connectivity index (χ4v) is 2.48. The van der Waals surface area contributed by atoms with Crippen LogP contribution in [0.2, 0.25) is 0 Å². The molecule has 0 aromatic heterocycles. The first-order chi connectivity index (χ1) is 10.7. The second-order valence-corrected chi connectivity index (χ2v) is 6.11. The lowest BCUT2D eigenvalue weighted by atomic mass is 10.1. The molecule has 1 amide bonds. The van der Waals surface area contributed by atoms with Gasteiger partial charge in [0.2, 0.25) is 5.91 Å².